The zero-order chi connectivity index (χ0) is 54.1. The van der Waals surface area contributed by atoms with Crippen LogP contribution in [0.1, 0.15) is 111 Å². The van der Waals surface area contributed by atoms with Gasteiger partial charge in [-0.05, 0) is 90.5 Å². The van der Waals surface area contributed by atoms with Crippen LogP contribution in [0, 0.1) is 11.8 Å². The molecule has 0 aliphatic carbocycles. The Labute approximate surface area is 431 Å². The maximum atomic E-state index is 14.0. The number of cyclic esters (lactones) is 1. The summed E-state index contributed by atoms with van der Waals surface area (Å²) in [6, 6.07) is 0. The van der Waals surface area contributed by atoms with E-state index in [2.05, 4.69) is 0 Å². The van der Waals surface area contributed by atoms with Crippen molar-refractivity contribution >= 4 is 41.1 Å². The lowest BCUT2D eigenvalue weighted by Gasteiger charge is -2.47. The first kappa shape index (κ1) is 60.7. The lowest BCUT2D eigenvalue weighted by atomic mass is 9.88. The lowest BCUT2D eigenvalue weighted by Crippen LogP contribution is -2.64. The average Bonchev–Trinajstić information content (AvgIpc) is 3.32. The molecule has 0 radical (unpaired) electrons. The maximum absolute atomic E-state index is 14.0. The molecule has 0 spiro atoms. The van der Waals surface area contributed by atoms with Gasteiger partial charge in [-0.1, -0.05) is 86.9 Å². The molecular formula is C52H74Cl2O18. The van der Waals surface area contributed by atoms with Crippen molar-refractivity contribution < 1.29 is 88.0 Å². The minimum Gasteiger partial charge on any atom is -0.505 e. The summed E-state index contributed by atoms with van der Waals surface area (Å²) >= 11 is 12.3. The standard InChI is InChI=1S/C52H74Cl2O18/c1-13-30-22-26(6)33(56)18-16-15-17-31(23-66-51-45(65-12)40(59)43(29(9)67-51)69-49(64)35-32(14-2)36(53)39(58)37(54)38(35)57)48(63)68-34(28(8)55)20-19-25(5)21-27(7)42(30)71-50-41(60)44(70-47(62)24(3)4)46(61)52(10,11)72-50/h15-17,19,21-22,24,28-30,33-34,40-46,50-51,55-61H,13-14,18,20,23H2,1-12H3/b16-15+,25-19+,26-22+,27-21+,31-17+/t28-,29-,30+,33+,34+,40+,41+,42+,43-,44-,45+,46+,50-,51-/m1/s1. The summed E-state index contributed by atoms with van der Waals surface area (Å²) in [5, 5.41) is 76.5. The predicted molar refractivity (Wildman–Crippen MR) is 265 cm³/mol. The molecule has 2 fully saturated rings. The summed E-state index contributed by atoms with van der Waals surface area (Å²) < 4.78 is 47.5. The van der Waals surface area contributed by atoms with Gasteiger partial charge < -0.3 is 73.6 Å². The molecule has 3 aliphatic heterocycles. The van der Waals surface area contributed by atoms with Gasteiger partial charge in [0.15, 0.2) is 36.3 Å². The minimum absolute atomic E-state index is 0.0379. The predicted octanol–water partition coefficient (Wildman–Crippen LogP) is 6.23. The molecule has 1 aromatic carbocycles. The third-order valence-corrected chi connectivity index (χ3v) is 13.8. The SMILES string of the molecule is CCc1c(Cl)c(O)c(Cl)c(O)c1C(=O)O[C@H]1[C@H](O)[C@H](OC)[C@H](OC/C2=C\C=C\C[C@H](O)/C(C)=C/[C@H](CC)[C@@H](O[C@@H]3OC(C)(C)[C@@H](O)[C@H](OC(=O)C(C)C)[C@@H]3O)/C(C)=C/C(C)=C/C[C@@H]([C@@H](C)O)OC2=O)O[C@@H]1C. The van der Waals surface area contributed by atoms with Crippen LogP contribution in [0.4, 0.5) is 0 Å². The second-order valence-corrected chi connectivity index (χ2v) is 20.1. The molecule has 3 aliphatic rings. The van der Waals surface area contributed by atoms with Crippen LogP contribution in [0.15, 0.2) is 58.7 Å². The Morgan fingerprint density at radius 3 is 2.17 bits per heavy atom. The van der Waals surface area contributed by atoms with E-state index in [4.69, 9.17) is 61.1 Å². The van der Waals surface area contributed by atoms with Crippen molar-refractivity contribution in [2.75, 3.05) is 13.7 Å². The van der Waals surface area contributed by atoms with E-state index in [9.17, 15) is 50.1 Å². The smallest absolute Gasteiger partial charge is 0.342 e. The first-order chi connectivity index (χ1) is 33.7. The van der Waals surface area contributed by atoms with Crippen LogP contribution in [-0.2, 0) is 53.9 Å². The second kappa shape index (κ2) is 26.5. The van der Waals surface area contributed by atoms with Gasteiger partial charge in [-0.2, -0.15) is 0 Å². The number of hydrogen-bond donors (Lipinski definition) is 7. The molecular weight excluding hydrogens is 983 g/mol. The average molecular weight is 1060 g/mol. The monoisotopic (exact) mass is 1060 g/mol. The van der Waals surface area contributed by atoms with Gasteiger partial charge in [0.1, 0.15) is 41.1 Å². The molecule has 0 unspecified atom stereocenters. The molecule has 0 saturated carbocycles. The fourth-order valence-electron chi connectivity index (χ4n) is 8.52. The van der Waals surface area contributed by atoms with Crippen LogP contribution in [0.3, 0.4) is 0 Å². The summed E-state index contributed by atoms with van der Waals surface area (Å²) in [5.41, 5.74) is 0.283. The van der Waals surface area contributed by atoms with E-state index in [0.717, 1.165) is 0 Å². The third-order valence-electron chi connectivity index (χ3n) is 13.0. The number of carbonyl (C=O) groups excluding carboxylic acids is 3. The Kier molecular flexibility index (Phi) is 22.4. The molecule has 3 heterocycles. The van der Waals surface area contributed by atoms with E-state index in [0.29, 0.717) is 23.1 Å². The molecule has 0 aromatic heterocycles. The first-order valence-corrected chi connectivity index (χ1v) is 24.9. The van der Waals surface area contributed by atoms with Gasteiger partial charge in [0, 0.05) is 19.4 Å². The van der Waals surface area contributed by atoms with Gasteiger partial charge in [-0.3, -0.25) is 4.79 Å². The number of aliphatic hydroxyl groups excluding tert-OH is 5. The van der Waals surface area contributed by atoms with E-state index in [1.54, 1.807) is 53.7 Å². The van der Waals surface area contributed by atoms with E-state index in [-0.39, 0.29) is 35.4 Å². The highest BCUT2D eigenvalue weighted by Gasteiger charge is 2.53. The van der Waals surface area contributed by atoms with Crippen molar-refractivity contribution in [1.82, 2.24) is 0 Å². The third kappa shape index (κ3) is 14.7. The van der Waals surface area contributed by atoms with Gasteiger partial charge in [0.05, 0.1) is 53.1 Å². The van der Waals surface area contributed by atoms with Crippen molar-refractivity contribution in [1.29, 1.82) is 0 Å². The number of aromatic hydroxyl groups is 2. The molecule has 2 saturated heterocycles. The number of methoxy groups -OCH3 is 1. The van der Waals surface area contributed by atoms with Crippen LogP contribution in [-0.4, -0.2) is 153 Å². The Morgan fingerprint density at radius 2 is 1.57 bits per heavy atom. The molecule has 0 bridgehead atoms. The highest BCUT2D eigenvalue weighted by molar-refractivity contribution is 6.39. The van der Waals surface area contributed by atoms with Crippen molar-refractivity contribution in [2.24, 2.45) is 11.8 Å². The number of aliphatic hydroxyl groups is 5. The highest BCUT2D eigenvalue weighted by Crippen LogP contribution is 2.45. The molecule has 20 heteroatoms. The van der Waals surface area contributed by atoms with Gasteiger partial charge in [0.2, 0.25) is 0 Å². The lowest BCUT2D eigenvalue weighted by molar-refractivity contribution is -0.333. The summed E-state index contributed by atoms with van der Waals surface area (Å²) in [6.45, 7) is 18.0. The molecule has 18 nitrogen and oxygen atoms in total. The van der Waals surface area contributed by atoms with E-state index >= 15 is 0 Å². The number of phenolic OH excluding ortho intramolecular Hbond substituents is 2. The van der Waals surface area contributed by atoms with E-state index < -0.39 is 144 Å². The molecule has 7 N–H and O–H groups in total. The molecule has 4 rings (SSSR count). The Balaban J connectivity index is 1.62. The van der Waals surface area contributed by atoms with Crippen LogP contribution in [0.2, 0.25) is 10.0 Å². The number of hydrogen-bond acceptors (Lipinski definition) is 18. The largest absolute Gasteiger partial charge is 0.505 e. The second-order valence-electron chi connectivity index (χ2n) is 19.4. The van der Waals surface area contributed by atoms with Crippen LogP contribution >= 0.6 is 23.2 Å². The molecule has 1 aromatic rings. The zero-order valence-electron chi connectivity index (χ0n) is 43.0. The summed E-state index contributed by atoms with van der Waals surface area (Å²) in [4.78, 5) is 40.1. The number of allylic oxidation sites excluding steroid dienone is 4. The fraction of sp³-hybridized carbons (Fsp3) is 0.635. The number of ether oxygens (including phenoxy) is 8. The minimum atomic E-state index is -1.57. The molecule has 0 amide bonds. The van der Waals surface area contributed by atoms with Crippen molar-refractivity contribution in [3.63, 3.8) is 0 Å². The molecule has 14 atom stereocenters. The number of benzene rings is 1. The fourth-order valence-corrected chi connectivity index (χ4v) is 9.08. The Hall–Kier alpha value is -3.89. The topological polar surface area (TPSA) is 267 Å². The van der Waals surface area contributed by atoms with Gasteiger partial charge in [-0.15, -0.1) is 0 Å². The number of rotatable bonds is 13. The quantitative estimate of drug-likeness (QED) is 0.0655. The van der Waals surface area contributed by atoms with Crippen molar-refractivity contribution in [2.45, 2.75) is 187 Å². The molecule has 72 heavy (non-hydrogen) atoms. The van der Waals surface area contributed by atoms with Gasteiger partial charge >= 0.3 is 17.9 Å². The number of carbonyl (C=O) groups is 3. The summed E-state index contributed by atoms with van der Waals surface area (Å²) in [5.74, 6) is -4.88. The normalized spacial score (nSPS) is 34.8. The van der Waals surface area contributed by atoms with Crippen molar-refractivity contribution in [3.05, 3.63) is 79.9 Å². The maximum Gasteiger partial charge on any atom is 0.342 e. The van der Waals surface area contributed by atoms with Crippen LogP contribution in [0.5, 0.6) is 11.5 Å². The van der Waals surface area contributed by atoms with E-state index in [1.165, 1.54) is 33.1 Å². The zero-order valence-corrected chi connectivity index (χ0v) is 44.5. The number of halogens is 2. The van der Waals surface area contributed by atoms with Crippen LogP contribution in [0.25, 0.3) is 0 Å². The first-order valence-electron chi connectivity index (χ1n) is 24.2. The number of phenols is 2. The Bertz CT molecular complexity index is 2220. The summed E-state index contributed by atoms with van der Waals surface area (Å²) in [6.07, 6.45) is -5.43. The van der Waals surface area contributed by atoms with Crippen LogP contribution < -0.4 is 0 Å². The highest BCUT2D eigenvalue weighted by atomic mass is 35.5. The Morgan fingerprint density at radius 1 is 0.903 bits per heavy atom. The van der Waals surface area contributed by atoms with Crippen molar-refractivity contribution in [3.8, 4) is 11.5 Å². The van der Waals surface area contributed by atoms with E-state index in [1.807, 2.05) is 32.9 Å². The number of esters is 3. The van der Waals surface area contributed by atoms with Gasteiger partial charge in [-0.25, -0.2) is 9.59 Å². The summed E-state index contributed by atoms with van der Waals surface area (Å²) in [7, 11) is 1.26. The molecule has 404 valence electrons. The van der Waals surface area contributed by atoms with Gasteiger partial charge in [0.25, 0.3) is 0 Å².